The van der Waals surface area contributed by atoms with E-state index in [4.69, 9.17) is 0 Å². The Labute approximate surface area is 160 Å². The lowest BCUT2D eigenvalue weighted by atomic mass is 10.0. The van der Waals surface area contributed by atoms with Gasteiger partial charge in [-0.1, -0.05) is 18.2 Å². The van der Waals surface area contributed by atoms with Crippen molar-refractivity contribution in [3.63, 3.8) is 0 Å². The van der Waals surface area contributed by atoms with Crippen LogP contribution in [0.3, 0.4) is 0 Å². The quantitative estimate of drug-likeness (QED) is 0.830. The molecule has 0 unspecified atom stereocenters. The molecule has 1 N–H and O–H groups in total. The van der Waals surface area contributed by atoms with Crippen LogP contribution >= 0.6 is 0 Å². The number of nitrogens with zero attached hydrogens (tertiary/aromatic N) is 4. The fourth-order valence-corrected chi connectivity index (χ4v) is 3.48. The molecule has 7 nitrogen and oxygen atoms in total. The van der Waals surface area contributed by atoms with Crippen LogP contribution in [0.1, 0.15) is 23.3 Å². The smallest absolute Gasteiger partial charge is 0.272 e. The highest BCUT2D eigenvalue weighted by Crippen LogP contribution is 2.17. The van der Waals surface area contributed by atoms with Crippen molar-refractivity contribution in [2.45, 2.75) is 18.9 Å². The molecule has 1 aliphatic heterocycles. The number of hydrogen-bond donors (Lipinski definition) is 1. The zero-order valence-electron chi connectivity index (χ0n) is 16.4. The molecule has 3 rings (SSSR count). The molecule has 1 aromatic carbocycles. The van der Waals surface area contributed by atoms with Crippen LogP contribution in [0, 0.1) is 0 Å². The summed E-state index contributed by atoms with van der Waals surface area (Å²) in [6.45, 7) is 3.39. The first kappa shape index (κ1) is 19.4. The van der Waals surface area contributed by atoms with Gasteiger partial charge in [-0.2, -0.15) is 0 Å². The van der Waals surface area contributed by atoms with Crippen LogP contribution in [-0.2, 0) is 0 Å². The number of likely N-dealkylation sites (N-methyl/N-ethyl adjacent to an activating group) is 2. The summed E-state index contributed by atoms with van der Waals surface area (Å²) < 4.78 is 1.41. The fourth-order valence-electron chi connectivity index (χ4n) is 3.48. The molecule has 0 bridgehead atoms. The van der Waals surface area contributed by atoms with Crippen molar-refractivity contribution in [2.24, 2.45) is 0 Å². The predicted octanol–water partition coefficient (Wildman–Crippen LogP) is 1.26. The highest BCUT2D eigenvalue weighted by Gasteiger charge is 2.28. The Kier molecular flexibility index (Phi) is 6.13. The monoisotopic (exact) mass is 371 g/mol. The molecular weight excluding hydrogens is 342 g/mol. The number of benzene rings is 1. The summed E-state index contributed by atoms with van der Waals surface area (Å²) >= 11 is 0. The molecule has 27 heavy (non-hydrogen) atoms. The molecule has 0 aliphatic carbocycles. The van der Waals surface area contributed by atoms with Crippen molar-refractivity contribution >= 4 is 5.91 Å². The Morgan fingerprint density at radius 2 is 1.93 bits per heavy atom. The standard InChI is InChI=1S/C20H29N5O2/c1-22(2)12-13-23(3)17-10-7-11-24(15-17)20(27)18-14-19(26)25(21-18)16-8-5-4-6-9-16/h4-6,8-9,14,17,21H,7,10-13,15H2,1-3H3/t17-/m0/s1. The Morgan fingerprint density at radius 3 is 2.63 bits per heavy atom. The van der Waals surface area contributed by atoms with Crippen LogP contribution in [-0.4, -0.2) is 83.8 Å². The topological polar surface area (TPSA) is 64.6 Å². The fraction of sp³-hybridized carbons (Fsp3) is 0.500. The van der Waals surface area contributed by atoms with Gasteiger partial charge in [0.05, 0.1) is 5.69 Å². The number of aromatic nitrogens is 2. The van der Waals surface area contributed by atoms with Gasteiger partial charge >= 0.3 is 0 Å². The zero-order chi connectivity index (χ0) is 19.4. The molecule has 1 amide bonds. The van der Waals surface area contributed by atoms with Gasteiger partial charge in [-0.15, -0.1) is 0 Å². The van der Waals surface area contributed by atoms with Crippen molar-refractivity contribution in [3.05, 3.63) is 52.4 Å². The molecule has 1 atom stereocenters. The molecule has 7 heteroatoms. The minimum atomic E-state index is -0.221. The third-order valence-electron chi connectivity index (χ3n) is 5.17. The Bertz CT molecular complexity index is 811. The van der Waals surface area contributed by atoms with Gasteiger partial charge in [0.25, 0.3) is 11.5 Å². The second-order valence-electron chi connectivity index (χ2n) is 7.51. The summed E-state index contributed by atoms with van der Waals surface area (Å²) in [5, 5.41) is 2.97. The summed E-state index contributed by atoms with van der Waals surface area (Å²) in [6.07, 6.45) is 2.07. The number of carbonyl (C=O) groups is 1. The van der Waals surface area contributed by atoms with E-state index in [-0.39, 0.29) is 11.5 Å². The van der Waals surface area contributed by atoms with Gasteiger partial charge in [-0.05, 0) is 46.1 Å². The summed E-state index contributed by atoms with van der Waals surface area (Å²) in [5.74, 6) is -0.104. The van der Waals surface area contributed by atoms with Gasteiger partial charge in [0, 0.05) is 38.3 Å². The minimum Gasteiger partial charge on any atom is -0.336 e. The number of piperidine rings is 1. The van der Waals surface area contributed by atoms with E-state index in [2.05, 4.69) is 36.0 Å². The maximum atomic E-state index is 12.9. The van der Waals surface area contributed by atoms with E-state index < -0.39 is 0 Å². The maximum Gasteiger partial charge on any atom is 0.272 e. The summed E-state index contributed by atoms with van der Waals surface area (Å²) in [6, 6.07) is 11.0. The summed E-state index contributed by atoms with van der Waals surface area (Å²) in [5.41, 5.74) is 0.850. The first-order valence-corrected chi connectivity index (χ1v) is 9.47. The third-order valence-corrected chi connectivity index (χ3v) is 5.17. The second-order valence-corrected chi connectivity index (χ2v) is 7.51. The predicted molar refractivity (Wildman–Crippen MR) is 106 cm³/mol. The molecule has 2 aromatic rings. The van der Waals surface area contributed by atoms with Crippen LogP contribution in [0.2, 0.25) is 0 Å². The molecule has 1 aromatic heterocycles. The number of likely N-dealkylation sites (tertiary alicyclic amines) is 1. The number of aromatic amines is 1. The lowest BCUT2D eigenvalue weighted by Gasteiger charge is -2.37. The lowest BCUT2D eigenvalue weighted by molar-refractivity contribution is 0.0597. The first-order valence-electron chi connectivity index (χ1n) is 9.47. The molecule has 146 valence electrons. The molecule has 1 fully saturated rings. The van der Waals surface area contributed by atoms with Gasteiger partial charge in [0.1, 0.15) is 5.69 Å². The number of para-hydroxylation sites is 1. The lowest BCUT2D eigenvalue weighted by Crippen LogP contribution is -2.49. The molecule has 1 aliphatic rings. The summed E-state index contributed by atoms with van der Waals surface area (Å²) in [7, 11) is 6.26. The average molecular weight is 371 g/mol. The minimum absolute atomic E-state index is 0.104. The highest BCUT2D eigenvalue weighted by molar-refractivity contribution is 5.92. The average Bonchev–Trinajstić information content (AvgIpc) is 3.08. The van der Waals surface area contributed by atoms with Crippen LogP contribution in [0.25, 0.3) is 5.69 Å². The number of hydrogen-bond acceptors (Lipinski definition) is 4. The Balaban J connectivity index is 1.70. The number of rotatable bonds is 6. The van der Waals surface area contributed by atoms with Crippen LogP contribution in [0.15, 0.2) is 41.2 Å². The van der Waals surface area contributed by atoms with E-state index in [0.29, 0.717) is 18.3 Å². The van der Waals surface area contributed by atoms with Crippen LogP contribution in [0.5, 0.6) is 0 Å². The van der Waals surface area contributed by atoms with Gasteiger partial charge < -0.3 is 14.7 Å². The van der Waals surface area contributed by atoms with E-state index >= 15 is 0 Å². The molecule has 1 saturated heterocycles. The van der Waals surface area contributed by atoms with E-state index in [1.165, 1.54) is 10.7 Å². The van der Waals surface area contributed by atoms with Gasteiger partial charge in [-0.25, -0.2) is 4.68 Å². The van der Waals surface area contributed by atoms with E-state index in [9.17, 15) is 9.59 Å². The van der Waals surface area contributed by atoms with Crippen molar-refractivity contribution in [1.82, 2.24) is 24.5 Å². The molecule has 0 radical (unpaired) electrons. The van der Waals surface area contributed by atoms with E-state index in [1.54, 1.807) is 0 Å². The van der Waals surface area contributed by atoms with Crippen LogP contribution < -0.4 is 5.56 Å². The number of carbonyl (C=O) groups excluding carboxylic acids is 1. The zero-order valence-corrected chi connectivity index (χ0v) is 16.4. The van der Waals surface area contributed by atoms with E-state index in [0.717, 1.165) is 38.2 Å². The normalized spacial score (nSPS) is 17.7. The van der Waals surface area contributed by atoms with E-state index in [1.807, 2.05) is 35.2 Å². The maximum absolute atomic E-state index is 12.9. The van der Waals surface area contributed by atoms with Gasteiger partial charge in [0.15, 0.2) is 0 Å². The Morgan fingerprint density at radius 1 is 1.19 bits per heavy atom. The number of H-pyrrole nitrogens is 1. The summed E-state index contributed by atoms with van der Waals surface area (Å²) in [4.78, 5) is 31.6. The molecule has 2 heterocycles. The number of nitrogens with one attached hydrogen (secondary N) is 1. The third kappa shape index (κ3) is 4.67. The van der Waals surface area contributed by atoms with Gasteiger partial charge in [0.2, 0.25) is 0 Å². The SMILES string of the molecule is CN(C)CCN(C)[C@H]1CCCN(C(=O)c2cc(=O)n(-c3ccccc3)[nH]2)C1. The van der Waals surface area contributed by atoms with Gasteiger partial charge in [-0.3, -0.25) is 14.7 Å². The first-order chi connectivity index (χ1) is 13.0. The largest absolute Gasteiger partial charge is 0.336 e. The second kappa shape index (κ2) is 8.54. The van der Waals surface area contributed by atoms with Crippen molar-refractivity contribution in [2.75, 3.05) is 47.3 Å². The molecular formula is C20H29N5O2. The van der Waals surface area contributed by atoms with Crippen molar-refractivity contribution in [3.8, 4) is 5.69 Å². The van der Waals surface area contributed by atoms with Crippen molar-refractivity contribution in [1.29, 1.82) is 0 Å². The molecule has 0 saturated carbocycles. The Hall–Kier alpha value is -2.38. The molecule has 0 spiro atoms. The van der Waals surface area contributed by atoms with Crippen molar-refractivity contribution < 1.29 is 4.79 Å². The van der Waals surface area contributed by atoms with Crippen LogP contribution in [0.4, 0.5) is 0 Å². The highest BCUT2D eigenvalue weighted by atomic mass is 16.2. The number of amides is 1.